The molecule has 4 heteroatoms. The van der Waals surface area contributed by atoms with Crippen molar-refractivity contribution in [2.45, 2.75) is 52.0 Å². The molecule has 2 aromatic rings. The van der Waals surface area contributed by atoms with Crippen LogP contribution in [0.15, 0.2) is 34.9 Å². The van der Waals surface area contributed by atoms with Crippen molar-refractivity contribution in [1.82, 2.24) is 15.5 Å². The first-order valence-electron chi connectivity index (χ1n) is 7.55. The van der Waals surface area contributed by atoms with E-state index in [9.17, 15) is 0 Å². The molecule has 0 radical (unpaired) electrons. The van der Waals surface area contributed by atoms with Gasteiger partial charge in [-0.3, -0.25) is 0 Å². The van der Waals surface area contributed by atoms with Crippen molar-refractivity contribution in [3.63, 3.8) is 0 Å². The van der Waals surface area contributed by atoms with Crippen LogP contribution in [0.25, 0.3) is 0 Å². The SMILES string of the molecule is Cc1noc(CCNC(C)CC(C)(C)c2ccccc2)n1. The fourth-order valence-corrected chi connectivity index (χ4v) is 2.71. The number of nitrogens with one attached hydrogen (secondary N) is 1. The van der Waals surface area contributed by atoms with Crippen LogP contribution in [0, 0.1) is 6.92 Å². The van der Waals surface area contributed by atoms with Crippen molar-refractivity contribution in [2.75, 3.05) is 6.54 Å². The minimum Gasteiger partial charge on any atom is -0.339 e. The van der Waals surface area contributed by atoms with Gasteiger partial charge in [0.2, 0.25) is 5.89 Å². The molecule has 114 valence electrons. The minimum atomic E-state index is 0.161. The summed E-state index contributed by atoms with van der Waals surface area (Å²) in [6.07, 6.45) is 1.86. The van der Waals surface area contributed by atoms with Gasteiger partial charge in [0, 0.05) is 19.0 Å². The number of benzene rings is 1. The van der Waals surface area contributed by atoms with Gasteiger partial charge in [0.15, 0.2) is 5.82 Å². The molecular formula is C17H25N3O. The molecule has 0 saturated heterocycles. The molecule has 1 unspecified atom stereocenters. The number of aromatic nitrogens is 2. The first-order valence-corrected chi connectivity index (χ1v) is 7.55. The van der Waals surface area contributed by atoms with E-state index in [-0.39, 0.29) is 5.41 Å². The van der Waals surface area contributed by atoms with Crippen molar-refractivity contribution in [3.8, 4) is 0 Å². The molecule has 0 fully saturated rings. The Morgan fingerprint density at radius 3 is 2.57 bits per heavy atom. The summed E-state index contributed by atoms with van der Waals surface area (Å²) in [6, 6.07) is 11.1. The molecule has 0 amide bonds. The van der Waals surface area contributed by atoms with Gasteiger partial charge in [0.05, 0.1) is 0 Å². The van der Waals surface area contributed by atoms with Crippen LogP contribution in [0.2, 0.25) is 0 Å². The summed E-state index contributed by atoms with van der Waals surface area (Å²) >= 11 is 0. The van der Waals surface area contributed by atoms with Crippen LogP contribution in [0.1, 0.15) is 44.5 Å². The topological polar surface area (TPSA) is 51.0 Å². The summed E-state index contributed by atoms with van der Waals surface area (Å²) in [7, 11) is 0. The molecule has 1 aromatic heterocycles. The Labute approximate surface area is 127 Å². The smallest absolute Gasteiger partial charge is 0.227 e. The van der Waals surface area contributed by atoms with Crippen molar-refractivity contribution in [3.05, 3.63) is 47.6 Å². The predicted molar refractivity (Wildman–Crippen MR) is 84.3 cm³/mol. The summed E-state index contributed by atoms with van der Waals surface area (Å²) in [5.74, 6) is 1.40. The first-order chi connectivity index (χ1) is 9.97. The number of nitrogens with zero attached hydrogens (tertiary/aromatic N) is 2. The molecule has 0 aliphatic carbocycles. The molecule has 1 aromatic carbocycles. The van der Waals surface area contributed by atoms with Gasteiger partial charge in [0.1, 0.15) is 0 Å². The zero-order valence-corrected chi connectivity index (χ0v) is 13.4. The van der Waals surface area contributed by atoms with Gasteiger partial charge < -0.3 is 9.84 Å². The van der Waals surface area contributed by atoms with Gasteiger partial charge >= 0.3 is 0 Å². The average molecular weight is 287 g/mol. The lowest BCUT2D eigenvalue weighted by molar-refractivity contribution is 0.358. The Kier molecular flexibility index (Phi) is 5.12. The maximum atomic E-state index is 5.12. The first kappa shape index (κ1) is 15.7. The van der Waals surface area contributed by atoms with Gasteiger partial charge in [0.25, 0.3) is 0 Å². The van der Waals surface area contributed by atoms with Crippen LogP contribution < -0.4 is 5.32 Å². The molecule has 4 nitrogen and oxygen atoms in total. The molecule has 1 N–H and O–H groups in total. The highest BCUT2D eigenvalue weighted by Crippen LogP contribution is 2.28. The summed E-state index contributed by atoms with van der Waals surface area (Å²) in [4.78, 5) is 4.21. The summed E-state index contributed by atoms with van der Waals surface area (Å²) < 4.78 is 5.12. The summed E-state index contributed by atoms with van der Waals surface area (Å²) in [6.45, 7) is 9.51. The average Bonchev–Trinajstić information content (AvgIpc) is 2.85. The molecular weight excluding hydrogens is 262 g/mol. The lowest BCUT2D eigenvalue weighted by atomic mass is 9.79. The van der Waals surface area contributed by atoms with Crippen LogP contribution in [-0.4, -0.2) is 22.7 Å². The van der Waals surface area contributed by atoms with E-state index in [1.165, 1.54) is 5.56 Å². The van der Waals surface area contributed by atoms with Crippen molar-refractivity contribution < 1.29 is 4.52 Å². The van der Waals surface area contributed by atoms with E-state index in [1.807, 2.05) is 6.92 Å². The van der Waals surface area contributed by atoms with Crippen LogP contribution in [-0.2, 0) is 11.8 Å². The summed E-state index contributed by atoms with van der Waals surface area (Å²) in [5, 5.41) is 7.34. The Balaban J connectivity index is 1.80. The number of rotatable bonds is 7. The minimum absolute atomic E-state index is 0.161. The highest BCUT2D eigenvalue weighted by Gasteiger charge is 2.22. The quantitative estimate of drug-likeness (QED) is 0.849. The molecule has 1 heterocycles. The van der Waals surface area contributed by atoms with Gasteiger partial charge in [-0.25, -0.2) is 0 Å². The van der Waals surface area contributed by atoms with E-state index < -0.39 is 0 Å². The highest BCUT2D eigenvalue weighted by molar-refractivity contribution is 5.23. The van der Waals surface area contributed by atoms with E-state index in [4.69, 9.17) is 4.52 Å². The standard InChI is InChI=1S/C17H25N3O/c1-13(18-11-10-16-19-14(2)20-21-16)12-17(3,4)15-8-6-5-7-9-15/h5-9,13,18H,10-12H2,1-4H3. The monoisotopic (exact) mass is 287 g/mol. The third-order valence-electron chi connectivity index (χ3n) is 3.77. The molecule has 0 spiro atoms. The van der Waals surface area contributed by atoms with Crippen LogP contribution >= 0.6 is 0 Å². The van der Waals surface area contributed by atoms with Gasteiger partial charge in [-0.2, -0.15) is 4.98 Å². The second-order valence-electron chi connectivity index (χ2n) is 6.29. The van der Waals surface area contributed by atoms with Crippen molar-refractivity contribution in [1.29, 1.82) is 0 Å². The second-order valence-corrected chi connectivity index (χ2v) is 6.29. The van der Waals surface area contributed by atoms with E-state index >= 15 is 0 Å². The third kappa shape index (κ3) is 4.67. The lowest BCUT2D eigenvalue weighted by Gasteiger charge is -2.29. The van der Waals surface area contributed by atoms with Crippen LogP contribution in [0.3, 0.4) is 0 Å². The number of hydrogen-bond donors (Lipinski definition) is 1. The van der Waals surface area contributed by atoms with Crippen molar-refractivity contribution in [2.24, 2.45) is 0 Å². The Bertz CT molecular complexity index is 548. The molecule has 0 aliphatic rings. The normalized spacial score (nSPS) is 13.3. The Hall–Kier alpha value is -1.68. The number of hydrogen-bond acceptors (Lipinski definition) is 4. The van der Waals surface area contributed by atoms with E-state index in [1.54, 1.807) is 0 Å². The maximum Gasteiger partial charge on any atom is 0.227 e. The second kappa shape index (κ2) is 6.85. The fraction of sp³-hybridized carbons (Fsp3) is 0.529. The zero-order valence-electron chi connectivity index (χ0n) is 13.4. The Morgan fingerprint density at radius 2 is 1.95 bits per heavy atom. The molecule has 1 atom stereocenters. The Morgan fingerprint density at radius 1 is 1.24 bits per heavy atom. The van der Waals surface area contributed by atoms with Crippen molar-refractivity contribution >= 4 is 0 Å². The van der Waals surface area contributed by atoms with Crippen LogP contribution in [0.5, 0.6) is 0 Å². The van der Waals surface area contributed by atoms with Crippen LogP contribution in [0.4, 0.5) is 0 Å². The van der Waals surface area contributed by atoms with E-state index in [2.05, 4.69) is 66.6 Å². The third-order valence-corrected chi connectivity index (χ3v) is 3.77. The van der Waals surface area contributed by atoms with E-state index in [0.29, 0.717) is 17.8 Å². The molecule has 21 heavy (non-hydrogen) atoms. The predicted octanol–water partition coefficient (Wildman–Crippen LogP) is 3.27. The van der Waals surface area contributed by atoms with Gasteiger partial charge in [-0.1, -0.05) is 49.3 Å². The van der Waals surface area contributed by atoms with Gasteiger partial charge in [-0.05, 0) is 31.2 Å². The lowest BCUT2D eigenvalue weighted by Crippen LogP contribution is -2.34. The molecule has 0 aliphatic heterocycles. The fourth-order valence-electron chi connectivity index (χ4n) is 2.71. The summed E-state index contributed by atoms with van der Waals surface area (Å²) in [5.41, 5.74) is 1.54. The maximum absolute atomic E-state index is 5.12. The molecule has 2 rings (SSSR count). The molecule has 0 bridgehead atoms. The largest absolute Gasteiger partial charge is 0.339 e. The van der Waals surface area contributed by atoms with Gasteiger partial charge in [-0.15, -0.1) is 0 Å². The number of aryl methyl sites for hydroxylation is 1. The zero-order chi connectivity index (χ0) is 15.3. The van der Waals surface area contributed by atoms with E-state index in [0.717, 1.165) is 19.4 Å². The molecule has 0 saturated carbocycles. The highest BCUT2D eigenvalue weighted by atomic mass is 16.5.